The molecule has 102 valence electrons. The molecule has 1 aromatic carbocycles. The molecular weight excluding hydrogens is 258 g/mol. The number of para-hydroxylation sites is 1. The molecule has 1 atom stereocenters. The topological polar surface area (TPSA) is 87.2 Å². The molecule has 0 radical (unpaired) electrons. The van der Waals surface area contributed by atoms with Gasteiger partial charge in [0.1, 0.15) is 17.5 Å². The number of ether oxygens (including phenoxy) is 1. The van der Waals surface area contributed by atoms with Crippen LogP contribution < -0.4 is 16.0 Å². The van der Waals surface area contributed by atoms with Crippen molar-refractivity contribution in [2.24, 2.45) is 5.73 Å². The highest BCUT2D eigenvalue weighted by atomic mass is 16.5. The third kappa shape index (κ3) is 2.27. The molecule has 1 aliphatic rings. The summed E-state index contributed by atoms with van der Waals surface area (Å²) < 4.78 is 6.97. The van der Waals surface area contributed by atoms with E-state index in [1.807, 2.05) is 24.3 Å². The first kappa shape index (κ1) is 12.4. The largest absolute Gasteiger partial charge is 0.488 e. The van der Waals surface area contributed by atoms with E-state index in [1.165, 1.54) is 16.8 Å². The Bertz CT molecular complexity index is 699. The second-order valence-corrected chi connectivity index (χ2v) is 4.65. The zero-order valence-corrected chi connectivity index (χ0v) is 10.7. The summed E-state index contributed by atoms with van der Waals surface area (Å²) in [5.41, 5.74) is 6.06. The summed E-state index contributed by atoms with van der Waals surface area (Å²) in [4.78, 5) is 22.8. The number of hydrogen-bond acceptors (Lipinski definition) is 4. The fourth-order valence-electron chi connectivity index (χ4n) is 2.26. The number of hydrogen-bond donors (Lipinski definition) is 1. The summed E-state index contributed by atoms with van der Waals surface area (Å²) in [6.07, 6.45) is 0.547. The van der Waals surface area contributed by atoms with Gasteiger partial charge in [-0.05, 0) is 17.7 Å². The van der Waals surface area contributed by atoms with Crippen LogP contribution in [0.4, 0.5) is 0 Å². The Balaban J connectivity index is 1.82. The Morgan fingerprint density at radius 1 is 1.35 bits per heavy atom. The molecule has 2 N–H and O–H groups in total. The molecule has 3 rings (SSSR count). The predicted molar refractivity (Wildman–Crippen MR) is 71.6 cm³/mol. The molecule has 0 aliphatic carbocycles. The number of benzene rings is 1. The SMILES string of the molecule is NC(=O)c1ccc(=O)n(CC2Cc3ccccc3O2)n1. The lowest BCUT2D eigenvalue weighted by Gasteiger charge is -2.12. The van der Waals surface area contributed by atoms with Gasteiger partial charge in [-0.25, -0.2) is 4.68 Å². The van der Waals surface area contributed by atoms with E-state index in [9.17, 15) is 9.59 Å². The van der Waals surface area contributed by atoms with Gasteiger partial charge in [0, 0.05) is 12.5 Å². The number of nitrogens with two attached hydrogens (primary N) is 1. The van der Waals surface area contributed by atoms with Crippen LogP contribution in [0, 0.1) is 0 Å². The number of primary amides is 1. The van der Waals surface area contributed by atoms with Crippen LogP contribution >= 0.6 is 0 Å². The van der Waals surface area contributed by atoms with E-state index in [2.05, 4.69) is 5.10 Å². The van der Waals surface area contributed by atoms with Gasteiger partial charge < -0.3 is 10.5 Å². The molecule has 2 heterocycles. The maximum Gasteiger partial charge on any atom is 0.269 e. The van der Waals surface area contributed by atoms with Crippen LogP contribution in [0.1, 0.15) is 16.1 Å². The molecule has 0 spiro atoms. The number of nitrogens with zero attached hydrogens (tertiary/aromatic N) is 2. The van der Waals surface area contributed by atoms with Crippen molar-refractivity contribution >= 4 is 5.91 Å². The van der Waals surface area contributed by atoms with Crippen LogP contribution in [-0.2, 0) is 13.0 Å². The van der Waals surface area contributed by atoms with Crippen molar-refractivity contribution < 1.29 is 9.53 Å². The average Bonchev–Trinajstić information content (AvgIpc) is 2.83. The van der Waals surface area contributed by atoms with Gasteiger partial charge >= 0.3 is 0 Å². The quantitative estimate of drug-likeness (QED) is 0.872. The Morgan fingerprint density at radius 2 is 2.15 bits per heavy atom. The van der Waals surface area contributed by atoms with Crippen LogP contribution in [0.15, 0.2) is 41.2 Å². The van der Waals surface area contributed by atoms with Crippen molar-refractivity contribution in [2.45, 2.75) is 19.1 Å². The lowest BCUT2D eigenvalue weighted by molar-refractivity contribution is 0.0991. The van der Waals surface area contributed by atoms with Crippen LogP contribution in [0.25, 0.3) is 0 Å². The number of aromatic nitrogens is 2. The zero-order chi connectivity index (χ0) is 14.1. The molecule has 6 nitrogen and oxygen atoms in total. The molecule has 20 heavy (non-hydrogen) atoms. The van der Waals surface area contributed by atoms with Crippen molar-refractivity contribution in [2.75, 3.05) is 0 Å². The normalized spacial score (nSPS) is 16.5. The van der Waals surface area contributed by atoms with Crippen molar-refractivity contribution in [3.8, 4) is 5.75 Å². The van der Waals surface area contributed by atoms with Gasteiger partial charge in [-0.3, -0.25) is 9.59 Å². The second kappa shape index (κ2) is 4.80. The minimum Gasteiger partial charge on any atom is -0.488 e. The first-order valence-corrected chi connectivity index (χ1v) is 6.26. The van der Waals surface area contributed by atoms with Crippen LogP contribution in [0.2, 0.25) is 0 Å². The van der Waals surface area contributed by atoms with Crippen molar-refractivity contribution in [1.82, 2.24) is 9.78 Å². The molecule has 1 aromatic heterocycles. The molecule has 0 fully saturated rings. The monoisotopic (exact) mass is 271 g/mol. The average molecular weight is 271 g/mol. The van der Waals surface area contributed by atoms with Crippen molar-refractivity contribution in [3.05, 3.63) is 58.0 Å². The lowest BCUT2D eigenvalue weighted by Crippen LogP contribution is -2.32. The summed E-state index contributed by atoms with van der Waals surface area (Å²) >= 11 is 0. The molecule has 1 amide bonds. The molecule has 0 saturated carbocycles. The van der Waals surface area contributed by atoms with E-state index >= 15 is 0 Å². The molecule has 2 aromatic rings. The fourth-order valence-corrected chi connectivity index (χ4v) is 2.26. The van der Waals surface area contributed by atoms with Gasteiger partial charge in [0.2, 0.25) is 0 Å². The minimum atomic E-state index is -0.658. The third-order valence-corrected chi connectivity index (χ3v) is 3.21. The number of amides is 1. The number of carbonyl (C=O) groups excluding carboxylic acids is 1. The number of rotatable bonds is 3. The van der Waals surface area contributed by atoms with E-state index in [0.29, 0.717) is 6.42 Å². The number of carbonyl (C=O) groups is 1. The molecule has 0 bridgehead atoms. The third-order valence-electron chi connectivity index (χ3n) is 3.21. The van der Waals surface area contributed by atoms with Gasteiger partial charge in [0.15, 0.2) is 0 Å². The van der Waals surface area contributed by atoms with Gasteiger partial charge in [-0.2, -0.15) is 5.10 Å². The molecule has 0 saturated heterocycles. The predicted octanol–water partition coefficient (Wildman–Crippen LogP) is 0.346. The van der Waals surface area contributed by atoms with Gasteiger partial charge in [-0.1, -0.05) is 18.2 Å². The highest BCUT2D eigenvalue weighted by Gasteiger charge is 2.23. The summed E-state index contributed by atoms with van der Waals surface area (Å²) in [7, 11) is 0. The van der Waals surface area contributed by atoms with Gasteiger partial charge in [0.05, 0.1) is 6.54 Å². The Hall–Kier alpha value is -2.63. The summed E-state index contributed by atoms with van der Waals surface area (Å²) in [6, 6.07) is 10.3. The fraction of sp³-hybridized carbons (Fsp3) is 0.214. The summed E-state index contributed by atoms with van der Waals surface area (Å²) in [6.45, 7) is 0.286. The van der Waals surface area contributed by atoms with Gasteiger partial charge in [-0.15, -0.1) is 0 Å². The molecule has 1 unspecified atom stereocenters. The van der Waals surface area contributed by atoms with Crippen LogP contribution in [0.3, 0.4) is 0 Å². The second-order valence-electron chi connectivity index (χ2n) is 4.65. The zero-order valence-electron chi connectivity index (χ0n) is 10.7. The molecular formula is C14H13N3O3. The minimum absolute atomic E-state index is 0.0695. The first-order valence-electron chi connectivity index (χ1n) is 6.26. The van der Waals surface area contributed by atoms with E-state index < -0.39 is 5.91 Å². The molecule has 1 aliphatic heterocycles. The Labute approximate surface area is 114 Å². The Kier molecular flexibility index (Phi) is 2.98. The standard InChI is InChI=1S/C14H13N3O3/c15-14(19)11-5-6-13(18)17(16-11)8-10-7-9-3-1-2-4-12(9)20-10/h1-6,10H,7-8H2,(H2,15,19). The van der Waals surface area contributed by atoms with E-state index in [4.69, 9.17) is 10.5 Å². The smallest absolute Gasteiger partial charge is 0.269 e. The van der Waals surface area contributed by atoms with Crippen molar-refractivity contribution in [1.29, 1.82) is 0 Å². The van der Waals surface area contributed by atoms with Crippen LogP contribution in [0.5, 0.6) is 5.75 Å². The van der Waals surface area contributed by atoms with E-state index in [-0.39, 0.29) is 23.9 Å². The van der Waals surface area contributed by atoms with Crippen molar-refractivity contribution in [3.63, 3.8) is 0 Å². The highest BCUT2D eigenvalue weighted by Crippen LogP contribution is 2.28. The van der Waals surface area contributed by atoms with E-state index in [0.717, 1.165) is 11.3 Å². The summed E-state index contributed by atoms with van der Waals surface area (Å²) in [5.74, 6) is 0.172. The Morgan fingerprint density at radius 3 is 2.90 bits per heavy atom. The summed E-state index contributed by atoms with van der Waals surface area (Å²) in [5, 5.41) is 3.95. The van der Waals surface area contributed by atoms with Gasteiger partial charge in [0.25, 0.3) is 11.5 Å². The maximum absolute atomic E-state index is 11.7. The number of fused-ring (bicyclic) bond motifs is 1. The van der Waals surface area contributed by atoms with Crippen LogP contribution in [-0.4, -0.2) is 21.8 Å². The van der Waals surface area contributed by atoms with E-state index in [1.54, 1.807) is 0 Å². The lowest BCUT2D eigenvalue weighted by atomic mass is 10.1. The first-order chi connectivity index (χ1) is 9.63. The molecule has 6 heteroatoms. The highest BCUT2D eigenvalue weighted by molar-refractivity contribution is 5.90. The maximum atomic E-state index is 11.7.